The first-order chi connectivity index (χ1) is 9.87. The second-order valence-corrected chi connectivity index (χ2v) is 9.93. The molecule has 0 bridgehead atoms. The van der Waals surface area contributed by atoms with E-state index in [4.69, 9.17) is 12.2 Å². The number of thioether (sulfide) groups is 1. The Kier molecular flexibility index (Phi) is 3.98. The Bertz CT molecular complexity index is 747. The van der Waals surface area contributed by atoms with E-state index in [0.717, 1.165) is 10.4 Å². The van der Waals surface area contributed by atoms with Crippen molar-refractivity contribution in [2.24, 2.45) is 0 Å². The van der Waals surface area contributed by atoms with Crippen LogP contribution in [0.5, 0.6) is 0 Å². The second kappa shape index (κ2) is 5.49. The molecule has 3 rings (SSSR count). The van der Waals surface area contributed by atoms with Gasteiger partial charge in [-0.2, -0.15) is 0 Å². The molecular formula is C13H13NO3S4. The predicted octanol–water partition coefficient (Wildman–Crippen LogP) is 2.44. The molecule has 0 aliphatic carbocycles. The molecule has 2 aliphatic rings. The summed E-state index contributed by atoms with van der Waals surface area (Å²) in [5.74, 6) is -0.0114. The fourth-order valence-corrected chi connectivity index (χ4v) is 6.44. The van der Waals surface area contributed by atoms with Gasteiger partial charge in [-0.05, 0) is 36.4 Å². The minimum Gasteiger partial charge on any atom is -0.289 e. The highest BCUT2D eigenvalue weighted by Crippen LogP contribution is 2.37. The van der Waals surface area contributed by atoms with E-state index >= 15 is 0 Å². The number of rotatable bonds is 2. The lowest BCUT2D eigenvalue weighted by Gasteiger charge is -2.20. The van der Waals surface area contributed by atoms with Crippen LogP contribution in [-0.2, 0) is 14.6 Å². The fraction of sp³-hybridized carbons (Fsp3) is 0.385. The van der Waals surface area contributed by atoms with Gasteiger partial charge in [0.25, 0.3) is 5.91 Å². The maximum Gasteiger partial charge on any atom is 0.266 e. The highest BCUT2D eigenvalue weighted by atomic mass is 32.2. The predicted molar refractivity (Wildman–Crippen MR) is 91.1 cm³/mol. The third-order valence-electron chi connectivity index (χ3n) is 3.56. The van der Waals surface area contributed by atoms with Gasteiger partial charge in [0.2, 0.25) is 0 Å². The molecule has 8 heteroatoms. The van der Waals surface area contributed by atoms with Crippen LogP contribution in [0.1, 0.15) is 16.9 Å². The molecule has 112 valence electrons. The number of nitrogens with zero attached hydrogens (tertiary/aromatic N) is 1. The molecule has 3 heterocycles. The summed E-state index contributed by atoms with van der Waals surface area (Å²) >= 11 is 8.10. The van der Waals surface area contributed by atoms with Crippen molar-refractivity contribution < 1.29 is 13.2 Å². The first-order valence-corrected chi connectivity index (χ1v) is 10.3. The largest absolute Gasteiger partial charge is 0.289 e. The lowest BCUT2D eigenvalue weighted by molar-refractivity contribution is -0.123. The number of sulfone groups is 1. The lowest BCUT2D eigenvalue weighted by atomic mass is 10.2. The summed E-state index contributed by atoms with van der Waals surface area (Å²) in [7, 11) is -3.03. The zero-order valence-corrected chi connectivity index (χ0v) is 14.5. The van der Waals surface area contributed by atoms with Gasteiger partial charge in [0.15, 0.2) is 9.84 Å². The Balaban J connectivity index is 1.86. The SMILES string of the molecule is Cc1ccsc1/C=C1\SC(=S)N([C@@H]2CCS(=O)(=O)C2)C1=O. The summed E-state index contributed by atoms with van der Waals surface area (Å²) in [6, 6.07) is 1.69. The maximum absolute atomic E-state index is 12.5. The minimum absolute atomic E-state index is 0.0186. The maximum atomic E-state index is 12.5. The molecular weight excluding hydrogens is 346 g/mol. The number of thiocarbonyl (C=S) groups is 1. The number of carbonyl (C=O) groups is 1. The van der Waals surface area contributed by atoms with E-state index in [1.807, 2.05) is 24.4 Å². The van der Waals surface area contributed by atoms with Crippen LogP contribution in [0.15, 0.2) is 16.4 Å². The highest BCUT2D eigenvalue weighted by molar-refractivity contribution is 8.26. The van der Waals surface area contributed by atoms with Crippen LogP contribution in [0.3, 0.4) is 0 Å². The molecule has 21 heavy (non-hydrogen) atoms. The van der Waals surface area contributed by atoms with Crippen molar-refractivity contribution in [3.05, 3.63) is 26.8 Å². The summed E-state index contributed by atoms with van der Waals surface area (Å²) in [5, 5.41) is 1.98. The van der Waals surface area contributed by atoms with E-state index in [1.165, 1.54) is 16.7 Å². The Hall–Kier alpha value is -0.700. The van der Waals surface area contributed by atoms with E-state index in [2.05, 4.69) is 0 Å². The first kappa shape index (κ1) is 15.2. The van der Waals surface area contributed by atoms with E-state index < -0.39 is 9.84 Å². The normalized spacial score (nSPS) is 27.0. The number of aryl methyl sites for hydroxylation is 1. The standard InChI is InChI=1S/C13H13NO3S4/c1-8-2-4-19-10(8)6-11-12(15)14(13(18)20-11)9-3-5-21(16,17)7-9/h2,4,6,9H,3,5,7H2,1H3/b11-6-/t9-/m1/s1. The highest BCUT2D eigenvalue weighted by Gasteiger charge is 2.42. The molecule has 1 aromatic rings. The molecule has 4 nitrogen and oxygen atoms in total. The van der Waals surface area contributed by atoms with Crippen molar-refractivity contribution >= 4 is 61.5 Å². The summed E-state index contributed by atoms with van der Waals surface area (Å²) < 4.78 is 23.6. The molecule has 2 aliphatic heterocycles. The summed E-state index contributed by atoms with van der Waals surface area (Å²) in [6.07, 6.45) is 2.32. The average Bonchev–Trinajstić information content (AvgIpc) is 3.02. The fourth-order valence-electron chi connectivity index (χ4n) is 2.43. The number of carbonyl (C=O) groups excluding carboxylic acids is 1. The minimum atomic E-state index is -3.03. The third-order valence-corrected chi connectivity index (χ3v) is 7.61. The van der Waals surface area contributed by atoms with Gasteiger partial charge in [0.1, 0.15) is 4.32 Å². The lowest BCUT2D eigenvalue weighted by Crippen LogP contribution is -2.39. The zero-order valence-electron chi connectivity index (χ0n) is 11.2. The second-order valence-electron chi connectivity index (χ2n) is 5.08. The van der Waals surface area contributed by atoms with Crippen molar-refractivity contribution in [1.29, 1.82) is 0 Å². The van der Waals surface area contributed by atoms with Gasteiger partial charge in [0, 0.05) is 4.88 Å². The molecule has 0 saturated carbocycles. The van der Waals surface area contributed by atoms with Gasteiger partial charge in [-0.1, -0.05) is 24.0 Å². The molecule has 1 atom stereocenters. The van der Waals surface area contributed by atoms with Gasteiger partial charge in [0.05, 0.1) is 22.5 Å². The van der Waals surface area contributed by atoms with Gasteiger partial charge >= 0.3 is 0 Å². The topological polar surface area (TPSA) is 54.5 Å². The van der Waals surface area contributed by atoms with Crippen molar-refractivity contribution in [3.8, 4) is 0 Å². The summed E-state index contributed by atoms with van der Waals surface area (Å²) in [6.45, 7) is 1.99. The molecule has 1 aromatic heterocycles. The first-order valence-electron chi connectivity index (χ1n) is 6.39. The average molecular weight is 360 g/mol. The Morgan fingerprint density at radius 2 is 2.24 bits per heavy atom. The van der Waals surface area contributed by atoms with Crippen LogP contribution >= 0.6 is 35.3 Å². The molecule has 0 spiro atoms. The monoisotopic (exact) mass is 359 g/mol. The molecule has 2 fully saturated rings. The van der Waals surface area contributed by atoms with E-state index in [0.29, 0.717) is 15.6 Å². The van der Waals surface area contributed by atoms with Crippen LogP contribution in [-0.4, -0.2) is 41.1 Å². The van der Waals surface area contributed by atoms with Gasteiger partial charge in [-0.15, -0.1) is 11.3 Å². The van der Waals surface area contributed by atoms with Crippen LogP contribution in [0.4, 0.5) is 0 Å². The third kappa shape index (κ3) is 2.94. The van der Waals surface area contributed by atoms with Gasteiger partial charge < -0.3 is 0 Å². The summed E-state index contributed by atoms with van der Waals surface area (Å²) in [4.78, 5) is 15.6. The Morgan fingerprint density at radius 1 is 1.48 bits per heavy atom. The van der Waals surface area contributed by atoms with E-state index in [1.54, 1.807) is 11.3 Å². The number of thiophene rings is 1. The Morgan fingerprint density at radius 3 is 2.81 bits per heavy atom. The van der Waals surface area contributed by atoms with Crippen LogP contribution in [0.25, 0.3) is 6.08 Å². The number of amides is 1. The molecule has 0 radical (unpaired) electrons. The smallest absolute Gasteiger partial charge is 0.266 e. The molecule has 0 N–H and O–H groups in total. The van der Waals surface area contributed by atoms with Crippen LogP contribution in [0.2, 0.25) is 0 Å². The van der Waals surface area contributed by atoms with Crippen molar-refractivity contribution in [3.63, 3.8) is 0 Å². The molecule has 0 aromatic carbocycles. The van der Waals surface area contributed by atoms with E-state index in [-0.39, 0.29) is 23.5 Å². The van der Waals surface area contributed by atoms with Gasteiger partial charge in [-0.3, -0.25) is 9.69 Å². The van der Waals surface area contributed by atoms with Crippen molar-refractivity contribution in [1.82, 2.24) is 4.90 Å². The molecule has 1 amide bonds. The number of hydrogen-bond acceptors (Lipinski definition) is 6. The van der Waals surface area contributed by atoms with Gasteiger partial charge in [-0.25, -0.2) is 8.42 Å². The van der Waals surface area contributed by atoms with Crippen LogP contribution in [0, 0.1) is 6.92 Å². The molecule has 0 unspecified atom stereocenters. The van der Waals surface area contributed by atoms with Crippen molar-refractivity contribution in [2.75, 3.05) is 11.5 Å². The van der Waals surface area contributed by atoms with E-state index in [9.17, 15) is 13.2 Å². The molecule has 2 saturated heterocycles. The quantitative estimate of drug-likeness (QED) is 0.600. The van der Waals surface area contributed by atoms with Crippen molar-refractivity contribution in [2.45, 2.75) is 19.4 Å². The number of hydrogen-bond donors (Lipinski definition) is 0. The van der Waals surface area contributed by atoms with Crippen LogP contribution < -0.4 is 0 Å². The summed E-state index contributed by atoms with van der Waals surface area (Å²) in [5.41, 5.74) is 1.12. The zero-order chi connectivity index (χ0) is 15.2. The Labute approximate surface area is 137 Å².